The lowest BCUT2D eigenvalue weighted by molar-refractivity contribution is 0.0940. The van der Waals surface area contributed by atoms with Gasteiger partial charge >= 0.3 is 0 Å². The lowest BCUT2D eigenvalue weighted by Crippen LogP contribution is -2.26. The normalized spacial score (nSPS) is 11.8. The number of nitrogens with two attached hydrogens (primary N) is 1. The zero-order valence-electron chi connectivity index (χ0n) is 11.1. The third-order valence-corrected chi connectivity index (χ3v) is 3.56. The third-order valence-electron chi connectivity index (χ3n) is 3.03. The Morgan fingerprint density at radius 1 is 1.10 bits per heavy atom. The minimum absolute atomic E-state index is 0.0529. The van der Waals surface area contributed by atoms with Crippen molar-refractivity contribution in [3.8, 4) is 0 Å². The Morgan fingerprint density at radius 3 is 2.25 bits per heavy atom. The topological polar surface area (TPSA) is 67.2 Å². The van der Waals surface area contributed by atoms with Gasteiger partial charge in [0.1, 0.15) is 0 Å². The van der Waals surface area contributed by atoms with Crippen LogP contribution in [0.25, 0.3) is 0 Å². The van der Waals surface area contributed by atoms with Crippen molar-refractivity contribution in [1.29, 1.82) is 0 Å². The second kappa shape index (κ2) is 6.54. The van der Waals surface area contributed by atoms with Crippen molar-refractivity contribution in [1.82, 2.24) is 5.32 Å². The van der Waals surface area contributed by atoms with Crippen LogP contribution in [-0.2, 0) is 0 Å². The molecule has 0 aliphatic heterocycles. The summed E-state index contributed by atoms with van der Waals surface area (Å²) in [6, 6.07) is 14.8. The Balaban J connectivity index is 2.04. The third kappa shape index (κ3) is 3.59. The minimum atomic E-state index is -0.107. The summed E-state index contributed by atoms with van der Waals surface area (Å²) in [6.45, 7) is 1.96. The molecule has 0 saturated heterocycles. The molecule has 0 saturated carbocycles. The van der Waals surface area contributed by atoms with Crippen LogP contribution in [0.3, 0.4) is 0 Å². The molecule has 1 atom stereocenters. The number of nitrogen functional groups attached to an aromatic ring is 1. The standard InChI is InChI=1S/C15H16BrN3O/c1-10(11-2-6-13(16)7-3-11)18-15(20)12-4-8-14(19-17)9-5-12/h2-10,19H,17H2,1H3,(H,18,20). The largest absolute Gasteiger partial charge is 0.346 e. The number of nitrogens with one attached hydrogen (secondary N) is 2. The predicted octanol–water partition coefficient (Wildman–Crippen LogP) is 3.23. The van der Waals surface area contributed by atoms with Crippen LogP contribution < -0.4 is 16.6 Å². The molecule has 0 aliphatic carbocycles. The lowest BCUT2D eigenvalue weighted by Gasteiger charge is -2.14. The highest BCUT2D eigenvalue weighted by atomic mass is 79.9. The van der Waals surface area contributed by atoms with E-state index in [-0.39, 0.29) is 11.9 Å². The molecule has 0 aromatic heterocycles. The monoisotopic (exact) mass is 333 g/mol. The van der Waals surface area contributed by atoms with Crippen LogP contribution in [0.1, 0.15) is 28.9 Å². The van der Waals surface area contributed by atoms with Crippen LogP contribution in [0.5, 0.6) is 0 Å². The fraction of sp³-hybridized carbons (Fsp3) is 0.133. The van der Waals surface area contributed by atoms with Gasteiger partial charge in [0.15, 0.2) is 0 Å². The average Bonchev–Trinajstić information content (AvgIpc) is 2.48. The fourth-order valence-corrected chi connectivity index (χ4v) is 2.10. The van der Waals surface area contributed by atoms with E-state index >= 15 is 0 Å². The minimum Gasteiger partial charge on any atom is -0.346 e. The summed E-state index contributed by atoms with van der Waals surface area (Å²) in [5, 5.41) is 2.96. The molecule has 1 amide bonds. The van der Waals surface area contributed by atoms with E-state index in [9.17, 15) is 4.79 Å². The van der Waals surface area contributed by atoms with Crippen molar-refractivity contribution in [3.05, 3.63) is 64.1 Å². The molecule has 1 unspecified atom stereocenters. The number of benzene rings is 2. The second-order valence-electron chi connectivity index (χ2n) is 4.47. The van der Waals surface area contributed by atoms with E-state index in [0.29, 0.717) is 5.56 Å². The molecule has 0 fully saturated rings. The molecular weight excluding hydrogens is 318 g/mol. The summed E-state index contributed by atoms with van der Waals surface area (Å²) in [6.07, 6.45) is 0. The van der Waals surface area contributed by atoms with E-state index in [2.05, 4.69) is 26.7 Å². The summed E-state index contributed by atoms with van der Waals surface area (Å²) in [5.74, 6) is 5.18. The van der Waals surface area contributed by atoms with Crippen LogP contribution in [0.2, 0.25) is 0 Å². The average molecular weight is 334 g/mol. The smallest absolute Gasteiger partial charge is 0.251 e. The summed E-state index contributed by atoms with van der Waals surface area (Å²) in [7, 11) is 0. The highest BCUT2D eigenvalue weighted by Crippen LogP contribution is 2.17. The van der Waals surface area contributed by atoms with Gasteiger partial charge in [0.2, 0.25) is 0 Å². The number of hydrogen-bond acceptors (Lipinski definition) is 3. The second-order valence-corrected chi connectivity index (χ2v) is 5.38. The molecule has 0 heterocycles. The number of amides is 1. The molecule has 0 spiro atoms. The summed E-state index contributed by atoms with van der Waals surface area (Å²) >= 11 is 3.39. The van der Waals surface area contributed by atoms with Gasteiger partial charge < -0.3 is 10.7 Å². The predicted molar refractivity (Wildman–Crippen MR) is 84.3 cm³/mol. The molecule has 2 aromatic carbocycles. The molecule has 0 bridgehead atoms. The number of halogens is 1. The highest BCUT2D eigenvalue weighted by Gasteiger charge is 2.11. The number of hydrogen-bond donors (Lipinski definition) is 3. The Morgan fingerprint density at radius 2 is 1.70 bits per heavy atom. The van der Waals surface area contributed by atoms with Crippen molar-refractivity contribution in [2.45, 2.75) is 13.0 Å². The maximum atomic E-state index is 12.1. The Kier molecular flexibility index (Phi) is 4.76. The first kappa shape index (κ1) is 14.6. The van der Waals surface area contributed by atoms with E-state index in [4.69, 9.17) is 5.84 Å². The van der Waals surface area contributed by atoms with E-state index < -0.39 is 0 Å². The first-order chi connectivity index (χ1) is 9.60. The zero-order valence-corrected chi connectivity index (χ0v) is 12.6. The first-order valence-corrected chi connectivity index (χ1v) is 7.02. The van der Waals surface area contributed by atoms with Gasteiger partial charge in [0, 0.05) is 15.7 Å². The number of anilines is 1. The van der Waals surface area contributed by atoms with Crippen molar-refractivity contribution in [2.75, 3.05) is 5.43 Å². The molecule has 4 nitrogen and oxygen atoms in total. The Labute approximate surface area is 126 Å². The van der Waals surface area contributed by atoms with Crippen LogP contribution in [-0.4, -0.2) is 5.91 Å². The maximum Gasteiger partial charge on any atom is 0.251 e. The van der Waals surface area contributed by atoms with Gasteiger partial charge in [0.05, 0.1) is 6.04 Å². The van der Waals surface area contributed by atoms with E-state index in [0.717, 1.165) is 15.7 Å². The summed E-state index contributed by atoms with van der Waals surface area (Å²) in [5.41, 5.74) is 4.96. The van der Waals surface area contributed by atoms with Gasteiger partial charge in [-0.2, -0.15) is 0 Å². The quantitative estimate of drug-likeness (QED) is 0.594. The molecule has 2 rings (SSSR count). The number of hydrazine groups is 1. The number of carbonyl (C=O) groups is 1. The highest BCUT2D eigenvalue weighted by molar-refractivity contribution is 9.10. The van der Waals surface area contributed by atoms with Crippen LogP contribution in [0, 0.1) is 0 Å². The molecule has 0 aliphatic rings. The van der Waals surface area contributed by atoms with Crippen LogP contribution >= 0.6 is 15.9 Å². The molecular formula is C15H16BrN3O. The van der Waals surface area contributed by atoms with E-state index in [1.54, 1.807) is 24.3 Å². The Hall–Kier alpha value is -1.85. The van der Waals surface area contributed by atoms with Crippen molar-refractivity contribution in [3.63, 3.8) is 0 Å². The van der Waals surface area contributed by atoms with E-state index in [1.165, 1.54) is 0 Å². The van der Waals surface area contributed by atoms with Gasteiger partial charge in [-0.25, -0.2) is 0 Å². The lowest BCUT2D eigenvalue weighted by atomic mass is 10.1. The van der Waals surface area contributed by atoms with Gasteiger partial charge in [-0.15, -0.1) is 0 Å². The Bertz CT molecular complexity index is 581. The van der Waals surface area contributed by atoms with Crippen molar-refractivity contribution in [2.24, 2.45) is 5.84 Å². The fourth-order valence-electron chi connectivity index (χ4n) is 1.83. The molecule has 4 N–H and O–H groups in total. The van der Waals surface area contributed by atoms with Crippen molar-refractivity contribution >= 4 is 27.5 Å². The number of carbonyl (C=O) groups excluding carboxylic acids is 1. The molecule has 20 heavy (non-hydrogen) atoms. The van der Waals surface area contributed by atoms with Crippen LogP contribution in [0.4, 0.5) is 5.69 Å². The van der Waals surface area contributed by atoms with Gasteiger partial charge in [-0.05, 0) is 48.9 Å². The van der Waals surface area contributed by atoms with E-state index in [1.807, 2.05) is 31.2 Å². The van der Waals surface area contributed by atoms with Gasteiger partial charge in [-0.3, -0.25) is 10.6 Å². The van der Waals surface area contributed by atoms with Gasteiger partial charge in [0.25, 0.3) is 5.91 Å². The molecule has 5 heteroatoms. The van der Waals surface area contributed by atoms with Gasteiger partial charge in [-0.1, -0.05) is 28.1 Å². The molecule has 2 aromatic rings. The molecule has 104 valence electrons. The maximum absolute atomic E-state index is 12.1. The summed E-state index contributed by atoms with van der Waals surface area (Å²) in [4.78, 5) is 12.1. The summed E-state index contributed by atoms with van der Waals surface area (Å²) < 4.78 is 1.02. The zero-order chi connectivity index (χ0) is 14.5. The SMILES string of the molecule is CC(NC(=O)c1ccc(NN)cc1)c1ccc(Br)cc1. The number of rotatable bonds is 4. The van der Waals surface area contributed by atoms with Crippen molar-refractivity contribution < 1.29 is 4.79 Å². The molecule has 0 radical (unpaired) electrons. The first-order valence-electron chi connectivity index (χ1n) is 6.23. The van der Waals surface area contributed by atoms with Crippen LogP contribution in [0.15, 0.2) is 53.0 Å².